The highest BCUT2D eigenvalue weighted by molar-refractivity contribution is 5.05. The van der Waals surface area contributed by atoms with E-state index in [2.05, 4.69) is 15.5 Å². The van der Waals surface area contributed by atoms with E-state index < -0.39 is 0 Å². The van der Waals surface area contributed by atoms with Gasteiger partial charge in [0.15, 0.2) is 5.82 Å². The maximum Gasteiger partial charge on any atom is 0.230 e. The van der Waals surface area contributed by atoms with Crippen molar-refractivity contribution in [3.63, 3.8) is 0 Å². The highest BCUT2D eigenvalue weighted by atomic mass is 16.5. The van der Waals surface area contributed by atoms with Gasteiger partial charge in [0.2, 0.25) is 5.89 Å². The molecule has 0 spiro atoms. The molecule has 3 fully saturated rings. The van der Waals surface area contributed by atoms with Gasteiger partial charge in [0.25, 0.3) is 0 Å². The second kappa shape index (κ2) is 3.80. The van der Waals surface area contributed by atoms with E-state index in [1.54, 1.807) is 0 Å². The van der Waals surface area contributed by atoms with Gasteiger partial charge in [-0.25, -0.2) is 0 Å². The summed E-state index contributed by atoms with van der Waals surface area (Å²) < 4.78 is 5.45. The lowest BCUT2D eigenvalue weighted by molar-refractivity contribution is 0.300. The summed E-state index contributed by atoms with van der Waals surface area (Å²) in [5, 5.41) is 7.52. The normalized spacial score (nSPS) is 35.6. The van der Waals surface area contributed by atoms with Crippen LogP contribution >= 0.6 is 0 Å². The van der Waals surface area contributed by atoms with E-state index in [0.29, 0.717) is 12.0 Å². The minimum Gasteiger partial charge on any atom is -0.339 e. The van der Waals surface area contributed by atoms with Crippen LogP contribution in [0.15, 0.2) is 4.52 Å². The van der Waals surface area contributed by atoms with Gasteiger partial charge in [-0.1, -0.05) is 11.6 Å². The number of fused-ring (bicyclic) bond motifs is 2. The van der Waals surface area contributed by atoms with E-state index in [0.717, 1.165) is 30.1 Å². The zero-order chi connectivity index (χ0) is 11.2. The fourth-order valence-electron chi connectivity index (χ4n) is 3.56. The first-order valence-corrected chi connectivity index (χ1v) is 6.94. The summed E-state index contributed by atoms with van der Waals surface area (Å²) in [5.74, 6) is 4.07. The third-order valence-electron chi connectivity index (χ3n) is 4.67. The summed E-state index contributed by atoms with van der Waals surface area (Å²) in [4.78, 5) is 4.57. The van der Waals surface area contributed by atoms with Crippen molar-refractivity contribution in [2.45, 2.75) is 57.0 Å². The molecule has 1 aromatic rings. The number of rotatable bonds is 4. The SMILES string of the molecule is C(NC1CC1)c1noc(C2CC3CCC2C3)n1. The van der Waals surface area contributed by atoms with Crippen molar-refractivity contribution in [1.82, 2.24) is 15.5 Å². The Bertz CT molecular complexity index is 413. The number of hydrogen-bond donors (Lipinski definition) is 1. The zero-order valence-corrected chi connectivity index (χ0v) is 10.1. The first-order chi connectivity index (χ1) is 8.38. The van der Waals surface area contributed by atoms with Gasteiger partial charge in [0, 0.05) is 12.0 Å². The van der Waals surface area contributed by atoms with E-state index >= 15 is 0 Å². The molecular weight excluding hydrogens is 214 g/mol. The molecule has 17 heavy (non-hydrogen) atoms. The van der Waals surface area contributed by atoms with Crippen LogP contribution in [0, 0.1) is 11.8 Å². The van der Waals surface area contributed by atoms with Crippen molar-refractivity contribution in [1.29, 1.82) is 0 Å². The van der Waals surface area contributed by atoms with Gasteiger partial charge in [0.05, 0.1) is 6.54 Å². The Kier molecular flexibility index (Phi) is 2.25. The predicted octanol–water partition coefficient (Wildman–Crippen LogP) is 2.23. The summed E-state index contributed by atoms with van der Waals surface area (Å²) in [5.41, 5.74) is 0. The minimum atomic E-state index is 0.566. The molecule has 1 heterocycles. The molecule has 92 valence electrons. The van der Waals surface area contributed by atoms with Crippen LogP contribution in [-0.4, -0.2) is 16.2 Å². The van der Waals surface area contributed by atoms with E-state index in [-0.39, 0.29) is 0 Å². The lowest BCUT2D eigenvalue weighted by atomic mass is 9.89. The van der Waals surface area contributed by atoms with Crippen molar-refractivity contribution in [3.8, 4) is 0 Å². The molecular formula is C13H19N3O. The molecule has 4 nitrogen and oxygen atoms in total. The quantitative estimate of drug-likeness (QED) is 0.866. The Balaban J connectivity index is 1.43. The van der Waals surface area contributed by atoms with E-state index in [9.17, 15) is 0 Å². The van der Waals surface area contributed by atoms with Gasteiger partial charge in [-0.05, 0) is 43.9 Å². The van der Waals surface area contributed by atoms with E-state index in [1.165, 1.54) is 38.5 Å². The highest BCUT2D eigenvalue weighted by Gasteiger charge is 2.42. The number of nitrogens with one attached hydrogen (secondary N) is 1. The highest BCUT2D eigenvalue weighted by Crippen LogP contribution is 2.52. The van der Waals surface area contributed by atoms with Crippen LogP contribution in [0.3, 0.4) is 0 Å². The van der Waals surface area contributed by atoms with Crippen molar-refractivity contribution in [2.24, 2.45) is 11.8 Å². The molecule has 0 radical (unpaired) electrons. The molecule has 3 aliphatic carbocycles. The average Bonchev–Trinajstić information content (AvgIpc) is 2.82. The van der Waals surface area contributed by atoms with Gasteiger partial charge < -0.3 is 9.84 Å². The summed E-state index contributed by atoms with van der Waals surface area (Å²) in [6, 6.07) is 0.708. The predicted molar refractivity (Wildman–Crippen MR) is 62.3 cm³/mol. The summed E-state index contributed by atoms with van der Waals surface area (Å²) in [7, 11) is 0. The third-order valence-corrected chi connectivity index (χ3v) is 4.67. The Morgan fingerprint density at radius 1 is 1.18 bits per heavy atom. The van der Waals surface area contributed by atoms with Gasteiger partial charge in [0.1, 0.15) is 0 Å². The largest absolute Gasteiger partial charge is 0.339 e. The monoisotopic (exact) mass is 233 g/mol. The molecule has 3 atom stereocenters. The lowest BCUT2D eigenvalue weighted by Gasteiger charge is -2.16. The Labute approximate surface area is 101 Å². The van der Waals surface area contributed by atoms with Crippen LogP contribution in [0.4, 0.5) is 0 Å². The molecule has 2 bridgehead atoms. The Morgan fingerprint density at radius 3 is 2.82 bits per heavy atom. The standard InChI is InChI=1S/C13H19N3O/c1-2-9-5-8(1)6-11(9)13-15-12(16-17-13)7-14-10-3-4-10/h8-11,14H,1-7H2. The van der Waals surface area contributed by atoms with Crippen LogP contribution in [0.1, 0.15) is 56.2 Å². The molecule has 4 heteroatoms. The summed E-state index contributed by atoms with van der Waals surface area (Å²) in [6.07, 6.45) is 8.07. The van der Waals surface area contributed by atoms with Gasteiger partial charge in [-0.2, -0.15) is 4.98 Å². The van der Waals surface area contributed by atoms with E-state index in [1.807, 2.05) is 0 Å². The van der Waals surface area contributed by atoms with Gasteiger partial charge in [-0.3, -0.25) is 0 Å². The minimum absolute atomic E-state index is 0.566. The van der Waals surface area contributed by atoms with Crippen molar-refractivity contribution < 1.29 is 4.52 Å². The fourth-order valence-corrected chi connectivity index (χ4v) is 3.56. The van der Waals surface area contributed by atoms with Crippen LogP contribution in [0.2, 0.25) is 0 Å². The topological polar surface area (TPSA) is 51.0 Å². The summed E-state index contributed by atoms with van der Waals surface area (Å²) >= 11 is 0. The first-order valence-electron chi connectivity index (χ1n) is 6.94. The molecule has 3 saturated carbocycles. The van der Waals surface area contributed by atoms with Crippen LogP contribution in [0.5, 0.6) is 0 Å². The summed E-state index contributed by atoms with van der Waals surface area (Å²) in [6.45, 7) is 0.773. The van der Waals surface area contributed by atoms with Gasteiger partial charge >= 0.3 is 0 Å². The Morgan fingerprint density at radius 2 is 2.12 bits per heavy atom. The molecule has 0 aromatic carbocycles. The molecule has 4 rings (SSSR count). The molecule has 3 unspecified atom stereocenters. The molecule has 1 aromatic heterocycles. The maximum absolute atomic E-state index is 5.45. The van der Waals surface area contributed by atoms with E-state index in [4.69, 9.17) is 4.52 Å². The van der Waals surface area contributed by atoms with Gasteiger partial charge in [-0.15, -0.1) is 0 Å². The lowest BCUT2D eigenvalue weighted by Crippen LogP contribution is -2.16. The molecule has 0 aliphatic heterocycles. The second-order valence-electron chi connectivity index (χ2n) is 5.99. The number of aromatic nitrogens is 2. The smallest absolute Gasteiger partial charge is 0.230 e. The van der Waals surface area contributed by atoms with Crippen molar-refractivity contribution >= 4 is 0 Å². The maximum atomic E-state index is 5.45. The van der Waals surface area contributed by atoms with Crippen LogP contribution in [-0.2, 0) is 6.54 Å². The van der Waals surface area contributed by atoms with Crippen molar-refractivity contribution in [2.75, 3.05) is 0 Å². The zero-order valence-electron chi connectivity index (χ0n) is 10.1. The first kappa shape index (κ1) is 10.1. The molecule has 0 saturated heterocycles. The fraction of sp³-hybridized carbons (Fsp3) is 0.846. The van der Waals surface area contributed by atoms with Crippen LogP contribution < -0.4 is 5.32 Å². The molecule has 1 N–H and O–H groups in total. The number of hydrogen-bond acceptors (Lipinski definition) is 4. The molecule has 3 aliphatic rings. The number of nitrogens with zero attached hydrogens (tertiary/aromatic N) is 2. The van der Waals surface area contributed by atoms with Crippen molar-refractivity contribution in [3.05, 3.63) is 11.7 Å². The third kappa shape index (κ3) is 1.88. The van der Waals surface area contributed by atoms with Crippen LogP contribution in [0.25, 0.3) is 0 Å². The Hall–Kier alpha value is -0.900. The average molecular weight is 233 g/mol. The second-order valence-corrected chi connectivity index (χ2v) is 5.99. The molecule has 0 amide bonds.